The Kier molecular flexibility index (Phi) is 5.55. The first kappa shape index (κ1) is 16.9. The maximum absolute atomic E-state index is 12.5. The summed E-state index contributed by atoms with van der Waals surface area (Å²) in [5.74, 6) is -0.150. The fraction of sp³-hybridized carbons (Fsp3) is 0.533. The van der Waals surface area contributed by atoms with Crippen LogP contribution < -0.4 is 0 Å². The molecule has 0 amide bonds. The van der Waals surface area contributed by atoms with Crippen LogP contribution in [0, 0.1) is 0 Å². The van der Waals surface area contributed by atoms with Gasteiger partial charge in [0, 0.05) is 31.1 Å². The van der Waals surface area contributed by atoms with Gasteiger partial charge in [0.05, 0.1) is 13.2 Å². The minimum atomic E-state index is -4.66. The predicted molar refractivity (Wildman–Crippen MR) is 73.6 cm³/mol. The van der Waals surface area contributed by atoms with Gasteiger partial charge in [-0.05, 0) is 0 Å². The van der Waals surface area contributed by atoms with Gasteiger partial charge in [0.15, 0.2) is 11.9 Å². The largest absolute Gasteiger partial charge is 0.415 e. The summed E-state index contributed by atoms with van der Waals surface area (Å²) < 4.78 is 42.7. The van der Waals surface area contributed by atoms with E-state index < -0.39 is 24.9 Å². The van der Waals surface area contributed by atoms with Gasteiger partial charge in [0.25, 0.3) is 0 Å². The zero-order valence-corrected chi connectivity index (χ0v) is 11.9. The molecule has 0 aliphatic carbocycles. The fourth-order valence-corrected chi connectivity index (χ4v) is 2.40. The minimum absolute atomic E-state index is 0.0641. The Morgan fingerprint density at radius 2 is 2.05 bits per heavy atom. The third-order valence-corrected chi connectivity index (χ3v) is 3.65. The van der Waals surface area contributed by atoms with Gasteiger partial charge in [0.2, 0.25) is 0 Å². The van der Waals surface area contributed by atoms with Crippen molar-refractivity contribution in [3.8, 4) is 0 Å². The number of rotatable bonds is 5. The maximum Gasteiger partial charge on any atom is 0.415 e. The zero-order chi connectivity index (χ0) is 16.2. The predicted octanol–water partition coefficient (Wildman–Crippen LogP) is 1.88. The number of aliphatic hydroxyl groups is 1. The van der Waals surface area contributed by atoms with Crippen LogP contribution in [0.25, 0.3) is 0 Å². The number of nitrogens with zero attached hydrogens (tertiary/aromatic N) is 1. The molecule has 1 aliphatic heterocycles. The highest BCUT2D eigenvalue weighted by molar-refractivity contribution is 5.96. The third-order valence-electron chi connectivity index (χ3n) is 3.65. The van der Waals surface area contributed by atoms with Gasteiger partial charge in [-0.1, -0.05) is 30.3 Å². The van der Waals surface area contributed by atoms with Crippen LogP contribution in [0.2, 0.25) is 0 Å². The minimum Gasteiger partial charge on any atom is -0.382 e. The number of alkyl halides is 3. The van der Waals surface area contributed by atoms with Crippen molar-refractivity contribution in [2.75, 3.05) is 26.3 Å². The highest BCUT2D eigenvalue weighted by atomic mass is 19.4. The van der Waals surface area contributed by atoms with Gasteiger partial charge < -0.3 is 9.84 Å². The molecule has 2 atom stereocenters. The second-order valence-corrected chi connectivity index (χ2v) is 5.27. The van der Waals surface area contributed by atoms with Crippen LogP contribution in [0.1, 0.15) is 16.8 Å². The monoisotopic (exact) mass is 317 g/mol. The number of β-amino-alcohol motifs (C(OH)–C–C–N with tert-alkyl or cyclic N) is 1. The van der Waals surface area contributed by atoms with E-state index in [-0.39, 0.29) is 25.4 Å². The van der Waals surface area contributed by atoms with Crippen molar-refractivity contribution < 1.29 is 27.8 Å². The van der Waals surface area contributed by atoms with Crippen molar-refractivity contribution in [3.63, 3.8) is 0 Å². The Morgan fingerprint density at radius 1 is 1.36 bits per heavy atom. The topological polar surface area (TPSA) is 49.8 Å². The molecule has 2 unspecified atom stereocenters. The van der Waals surface area contributed by atoms with Crippen molar-refractivity contribution >= 4 is 5.78 Å². The number of hydrogen-bond acceptors (Lipinski definition) is 4. The second kappa shape index (κ2) is 7.21. The van der Waals surface area contributed by atoms with Crippen LogP contribution in [-0.2, 0) is 4.74 Å². The van der Waals surface area contributed by atoms with Gasteiger partial charge in [0.1, 0.15) is 0 Å². The van der Waals surface area contributed by atoms with E-state index in [0.29, 0.717) is 12.2 Å². The Bertz CT molecular complexity index is 493. The van der Waals surface area contributed by atoms with Crippen LogP contribution in [0.4, 0.5) is 13.2 Å². The first-order chi connectivity index (χ1) is 10.4. The van der Waals surface area contributed by atoms with Crippen molar-refractivity contribution in [1.29, 1.82) is 0 Å². The number of aliphatic hydroxyl groups excluding tert-OH is 1. The highest BCUT2D eigenvalue weighted by Gasteiger charge is 2.40. The molecule has 4 nitrogen and oxygen atoms in total. The Hall–Kier alpha value is -1.44. The first-order valence-corrected chi connectivity index (χ1v) is 7.02. The number of carbonyl (C=O) groups excluding carboxylic acids is 1. The van der Waals surface area contributed by atoms with E-state index in [4.69, 9.17) is 4.74 Å². The molecule has 0 spiro atoms. The first-order valence-electron chi connectivity index (χ1n) is 7.02. The highest BCUT2D eigenvalue weighted by Crippen LogP contribution is 2.23. The van der Waals surface area contributed by atoms with Gasteiger partial charge in [-0.25, -0.2) is 0 Å². The lowest BCUT2D eigenvalue weighted by Crippen LogP contribution is -2.51. The lowest BCUT2D eigenvalue weighted by atomic mass is 10.0. The van der Waals surface area contributed by atoms with E-state index in [9.17, 15) is 23.1 Å². The van der Waals surface area contributed by atoms with E-state index in [1.807, 2.05) is 0 Å². The molecule has 1 aromatic carbocycles. The number of carbonyl (C=O) groups is 1. The summed E-state index contributed by atoms with van der Waals surface area (Å²) in [5, 5.41) is 9.21. The van der Waals surface area contributed by atoms with Gasteiger partial charge >= 0.3 is 6.18 Å². The summed E-state index contributed by atoms with van der Waals surface area (Å²) in [6.07, 6.45) is -7.01. The molecule has 0 bridgehead atoms. The fourth-order valence-electron chi connectivity index (χ4n) is 2.40. The van der Waals surface area contributed by atoms with Crippen molar-refractivity contribution in [2.24, 2.45) is 0 Å². The van der Waals surface area contributed by atoms with Crippen molar-refractivity contribution in [1.82, 2.24) is 4.90 Å². The van der Waals surface area contributed by atoms with E-state index in [0.717, 1.165) is 0 Å². The van der Waals surface area contributed by atoms with E-state index in [1.54, 1.807) is 30.3 Å². The Morgan fingerprint density at radius 3 is 2.68 bits per heavy atom. The number of morpholine rings is 1. The number of halogens is 3. The Balaban J connectivity index is 1.99. The molecule has 122 valence electrons. The number of hydrogen-bond donors (Lipinski definition) is 1. The smallest absolute Gasteiger partial charge is 0.382 e. The molecule has 2 rings (SSSR count). The van der Waals surface area contributed by atoms with Crippen molar-refractivity contribution in [3.05, 3.63) is 35.9 Å². The standard InChI is InChI=1S/C15H18F3NO3/c16-15(17,18)14(21)9-19-6-7-22-10-12(19)8-13(20)11-4-2-1-3-5-11/h1-5,12,14,21H,6-10H2. The van der Waals surface area contributed by atoms with E-state index in [2.05, 4.69) is 0 Å². The third kappa shape index (κ3) is 4.53. The van der Waals surface area contributed by atoms with Crippen LogP contribution in [0.3, 0.4) is 0 Å². The number of benzene rings is 1. The average molecular weight is 317 g/mol. The molecule has 0 saturated carbocycles. The number of ether oxygens (including phenoxy) is 1. The lowest BCUT2D eigenvalue weighted by Gasteiger charge is -2.36. The molecule has 0 aromatic heterocycles. The molecule has 22 heavy (non-hydrogen) atoms. The molecule has 0 radical (unpaired) electrons. The molecule has 1 aliphatic rings. The molecule has 7 heteroatoms. The van der Waals surface area contributed by atoms with Crippen LogP contribution >= 0.6 is 0 Å². The summed E-state index contributed by atoms with van der Waals surface area (Å²) in [7, 11) is 0. The molecule has 1 heterocycles. The molecule has 1 aromatic rings. The summed E-state index contributed by atoms with van der Waals surface area (Å²) in [4.78, 5) is 13.6. The summed E-state index contributed by atoms with van der Waals surface area (Å²) >= 11 is 0. The second-order valence-electron chi connectivity index (χ2n) is 5.27. The number of ketones is 1. The van der Waals surface area contributed by atoms with Crippen LogP contribution in [0.15, 0.2) is 30.3 Å². The molecule has 1 fully saturated rings. The molecule has 1 saturated heterocycles. The van der Waals surface area contributed by atoms with Crippen LogP contribution in [-0.4, -0.2) is 60.4 Å². The van der Waals surface area contributed by atoms with Crippen molar-refractivity contribution in [2.45, 2.75) is 24.7 Å². The average Bonchev–Trinajstić information content (AvgIpc) is 2.49. The number of Topliss-reactive ketones (excluding diaryl/α,β-unsaturated/α-hetero) is 1. The summed E-state index contributed by atoms with van der Waals surface area (Å²) in [6.45, 7) is 0.198. The quantitative estimate of drug-likeness (QED) is 0.843. The van der Waals surface area contributed by atoms with E-state index in [1.165, 1.54) is 4.90 Å². The van der Waals surface area contributed by atoms with Gasteiger partial charge in [-0.15, -0.1) is 0 Å². The lowest BCUT2D eigenvalue weighted by molar-refractivity contribution is -0.212. The molecular formula is C15H18F3NO3. The molecule has 1 N–H and O–H groups in total. The SMILES string of the molecule is O=C(CC1COCCN1CC(O)C(F)(F)F)c1ccccc1. The maximum atomic E-state index is 12.5. The van der Waals surface area contributed by atoms with E-state index >= 15 is 0 Å². The van der Waals surface area contributed by atoms with Gasteiger partial charge in [-0.2, -0.15) is 13.2 Å². The zero-order valence-electron chi connectivity index (χ0n) is 11.9. The summed E-state index contributed by atoms with van der Waals surface area (Å²) in [5.41, 5.74) is 0.518. The normalized spacial score (nSPS) is 21.5. The summed E-state index contributed by atoms with van der Waals surface area (Å²) in [6, 6.07) is 8.12. The Labute approximate surface area is 126 Å². The van der Waals surface area contributed by atoms with Crippen LogP contribution in [0.5, 0.6) is 0 Å². The van der Waals surface area contributed by atoms with Gasteiger partial charge in [-0.3, -0.25) is 9.69 Å². The molecular weight excluding hydrogens is 299 g/mol.